The Morgan fingerprint density at radius 3 is 2.45 bits per heavy atom. The molecule has 2 nitrogen and oxygen atoms in total. The maximum Gasteiger partial charge on any atom is 0.334 e. The maximum atomic E-state index is 10.9. The standard InChI is InChI=1S/C7H10Cl2O2/c1-3-11-7(10)5(2)6(9)4-8/h3-4H2,1-2H3/b6-5-. The molecule has 0 aliphatic heterocycles. The molecule has 0 spiro atoms. The van der Waals surface area contributed by atoms with Crippen LogP contribution in [0, 0.1) is 0 Å². The first-order chi connectivity index (χ1) is 5.13. The zero-order chi connectivity index (χ0) is 8.85. The van der Waals surface area contributed by atoms with Gasteiger partial charge in [0.15, 0.2) is 0 Å². The normalized spacial score (nSPS) is 12.4. The molecule has 0 atom stereocenters. The number of halogens is 2. The Hall–Kier alpha value is -0.210. The van der Waals surface area contributed by atoms with Gasteiger partial charge in [-0.15, -0.1) is 11.6 Å². The monoisotopic (exact) mass is 196 g/mol. The highest BCUT2D eigenvalue weighted by Gasteiger charge is 2.08. The molecule has 0 radical (unpaired) electrons. The van der Waals surface area contributed by atoms with Gasteiger partial charge >= 0.3 is 5.97 Å². The molecule has 0 saturated heterocycles. The predicted molar refractivity (Wildman–Crippen MR) is 45.9 cm³/mol. The fourth-order valence-corrected chi connectivity index (χ4v) is 0.728. The summed E-state index contributed by atoms with van der Waals surface area (Å²) in [4.78, 5) is 10.9. The molecule has 11 heavy (non-hydrogen) atoms. The lowest BCUT2D eigenvalue weighted by atomic mass is 10.3. The Balaban J connectivity index is 4.22. The SMILES string of the molecule is CCOC(=O)/C(C)=C(\Cl)CCl. The van der Waals surface area contributed by atoms with E-state index in [9.17, 15) is 4.79 Å². The van der Waals surface area contributed by atoms with Crippen molar-refractivity contribution in [1.82, 2.24) is 0 Å². The van der Waals surface area contributed by atoms with Gasteiger partial charge in [-0.2, -0.15) is 0 Å². The van der Waals surface area contributed by atoms with Crippen molar-refractivity contribution in [2.75, 3.05) is 12.5 Å². The lowest BCUT2D eigenvalue weighted by Gasteiger charge is -2.02. The zero-order valence-corrected chi connectivity index (χ0v) is 8.00. The van der Waals surface area contributed by atoms with E-state index in [-0.39, 0.29) is 5.88 Å². The molecule has 0 aromatic heterocycles. The molecule has 0 unspecified atom stereocenters. The third-order valence-electron chi connectivity index (χ3n) is 1.11. The van der Waals surface area contributed by atoms with Crippen LogP contribution in [0.15, 0.2) is 10.6 Å². The minimum absolute atomic E-state index is 0.145. The predicted octanol–water partition coefficient (Wildman–Crippen LogP) is 2.30. The topological polar surface area (TPSA) is 26.3 Å². The Kier molecular flexibility index (Phi) is 5.34. The molecular weight excluding hydrogens is 187 g/mol. The molecule has 0 amide bonds. The Morgan fingerprint density at radius 2 is 2.09 bits per heavy atom. The van der Waals surface area contributed by atoms with E-state index in [1.807, 2.05) is 0 Å². The van der Waals surface area contributed by atoms with Crippen molar-refractivity contribution in [2.45, 2.75) is 13.8 Å². The van der Waals surface area contributed by atoms with E-state index in [2.05, 4.69) is 4.74 Å². The van der Waals surface area contributed by atoms with Crippen molar-refractivity contribution in [2.24, 2.45) is 0 Å². The van der Waals surface area contributed by atoms with Crippen LogP contribution in [-0.2, 0) is 9.53 Å². The smallest absolute Gasteiger partial charge is 0.334 e. The average molecular weight is 197 g/mol. The van der Waals surface area contributed by atoms with Crippen LogP contribution in [0.4, 0.5) is 0 Å². The van der Waals surface area contributed by atoms with Crippen LogP contribution in [0.1, 0.15) is 13.8 Å². The second-order valence-corrected chi connectivity index (χ2v) is 2.61. The van der Waals surface area contributed by atoms with Crippen molar-refractivity contribution >= 4 is 29.2 Å². The summed E-state index contributed by atoms with van der Waals surface area (Å²) in [5.74, 6) is -0.259. The van der Waals surface area contributed by atoms with Crippen molar-refractivity contribution in [3.05, 3.63) is 10.6 Å². The molecule has 0 aliphatic rings. The van der Waals surface area contributed by atoms with E-state index in [0.29, 0.717) is 17.2 Å². The van der Waals surface area contributed by atoms with Crippen LogP contribution in [0.5, 0.6) is 0 Å². The molecule has 0 fully saturated rings. The highest BCUT2D eigenvalue weighted by Crippen LogP contribution is 2.11. The van der Waals surface area contributed by atoms with E-state index in [4.69, 9.17) is 23.2 Å². The number of allylic oxidation sites excluding steroid dienone is 1. The largest absolute Gasteiger partial charge is 0.463 e. The summed E-state index contributed by atoms with van der Waals surface area (Å²) in [5, 5.41) is 0.338. The van der Waals surface area contributed by atoms with Crippen molar-refractivity contribution in [3.63, 3.8) is 0 Å². The van der Waals surface area contributed by atoms with Crippen molar-refractivity contribution < 1.29 is 9.53 Å². The summed E-state index contributed by atoms with van der Waals surface area (Å²) in [7, 11) is 0. The number of ether oxygens (including phenoxy) is 1. The van der Waals surface area contributed by atoms with Gasteiger partial charge in [0.25, 0.3) is 0 Å². The molecule has 0 aromatic rings. The van der Waals surface area contributed by atoms with Crippen molar-refractivity contribution in [1.29, 1.82) is 0 Å². The molecule has 0 heterocycles. The van der Waals surface area contributed by atoms with E-state index >= 15 is 0 Å². The quantitative estimate of drug-likeness (QED) is 0.394. The van der Waals surface area contributed by atoms with Gasteiger partial charge in [-0.3, -0.25) is 0 Å². The maximum absolute atomic E-state index is 10.9. The lowest BCUT2D eigenvalue weighted by molar-refractivity contribution is -0.138. The molecule has 0 bridgehead atoms. The van der Waals surface area contributed by atoms with Crippen LogP contribution in [0.3, 0.4) is 0 Å². The third kappa shape index (κ3) is 3.63. The summed E-state index contributed by atoms with van der Waals surface area (Å²) in [6.07, 6.45) is 0. The second-order valence-electron chi connectivity index (χ2n) is 1.88. The number of hydrogen-bond acceptors (Lipinski definition) is 2. The Bertz CT molecular complexity index is 175. The third-order valence-corrected chi connectivity index (χ3v) is 1.93. The van der Waals surface area contributed by atoms with Crippen molar-refractivity contribution in [3.8, 4) is 0 Å². The van der Waals surface area contributed by atoms with Gasteiger partial charge in [0.1, 0.15) is 0 Å². The number of carbonyl (C=O) groups excluding carboxylic acids is 1. The number of rotatable bonds is 3. The number of esters is 1. The first-order valence-corrected chi connectivity index (χ1v) is 4.13. The summed E-state index contributed by atoms with van der Waals surface area (Å²) in [6, 6.07) is 0. The zero-order valence-electron chi connectivity index (χ0n) is 6.49. The van der Waals surface area contributed by atoms with E-state index in [1.165, 1.54) is 0 Å². The van der Waals surface area contributed by atoms with Gasteiger partial charge in [-0.1, -0.05) is 11.6 Å². The number of alkyl halides is 1. The number of hydrogen-bond donors (Lipinski definition) is 0. The van der Waals surface area contributed by atoms with Gasteiger partial charge in [-0.05, 0) is 13.8 Å². The van der Waals surface area contributed by atoms with Gasteiger partial charge in [0.05, 0.1) is 12.5 Å². The van der Waals surface area contributed by atoms with E-state index in [1.54, 1.807) is 13.8 Å². The van der Waals surface area contributed by atoms with Crippen LogP contribution in [0.25, 0.3) is 0 Å². The summed E-state index contributed by atoms with van der Waals surface area (Å²) >= 11 is 11.0. The van der Waals surface area contributed by atoms with Crippen LogP contribution in [-0.4, -0.2) is 18.5 Å². The summed E-state index contributed by atoms with van der Waals surface area (Å²) in [5.41, 5.74) is 0.378. The minimum Gasteiger partial charge on any atom is -0.463 e. The molecule has 0 rings (SSSR count). The van der Waals surface area contributed by atoms with Crippen LogP contribution >= 0.6 is 23.2 Å². The first kappa shape index (κ1) is 10.8. The van der Waals surface area contributed by atoms with E-state index in [0.717, 1.165) is 0 Å². The molecule has 0 aliphatic carbocycles. The minimum atomic E-state index is -0.404. The van der Waals surface area contributed by atoms with Gasteiger partial charge in [0, 0.05) is 10.6 Å². The first-order valence-electron chi connectivity index (χ1n) is 3.21. The van der Waals surface area contributed by atoms with Gasteiger partial charge in [0.2, 0.25) is 0 Å². The summed E-state index contributed by atoms with van der Waals surface area (Å²) in [6.45, 7) is 3.67. The van der Waals surface area contributed by atoms with Gasteiger partial charge < -0.3 is 4.74 Å². The molecular formula is C7H10Cl2O2. The molecule has 0 saturated carbocycles. The van der Waals surface area contributed by atoms with Crippen LogP contribution < -0.4 is 0 Å². The summed E-state index contributed by atoms with van der Waals surface area (Å²) < 4.78 is 4.69. The van der Waals surface area contributed by atoms with Crippen LogP contribution in [0.2, 0.25) is 0 Å². The molecule has 0 N–H and O–H groups in total. The highest BCUT2D eigenvalue weighted by atomic mass is 35.5. The Morgan fingerprint density at radius 1 is 1.55 bits per heavy atom. The Labute approximate surface area is 76.1 Å². The molecule has 4 heteroatoms. The fraction of sp³-hybridized carbons (Fsp3) is 0.571. The van der Waals surface area contributed by atoms with E-state index < -0.39 is 5.97 Å². The average Bonchev–Trinajstić information content (AvgIpc) is 2.02. The molecule has 0 aromatic carbocycles. The number of carbonyl (C=O) groups is 1. The van der Waals surface area contributed by atoms with Gasteiger partial charge in [-0.25, -0.2) is 4.79 Å². The lowest BCUT2D eigenvalue weighted by Crippen LogP contribution is -2.06. The highest BCUT2D eigenvalue weighted by molar-refractivity contribution is 6.37. The molecule has 64 valence electrons. The fourth-order valence-electron chi connectivity index (χ4n) is 0.450. The second kappa shape index (κ2) is 5.44.